The van der Waals surface area contributed by atoms with Gasteiger partial charge in [0.2, 0.25) is 11.8 Å². The van der Waals surface area contributed by atoms with Crippen LogP contribution in [0.25, 0.3) is 0 Å². The lowest BCUT2D eigenvalue weighted by Crippen LogP contribution is -2.55. The van der Waals surface area contributed by atoms with Gasteiger partial charge in [-0.2, -0.15) is 0 Å². The minimum Gasteiger partial charge on any atom is -0.492 e. The molecular weight excluding hydrogens is 574 g/mol. The van der Waals surface area contributed by atoms with E-state index < -0.39 is 34.1 Å². The van der Waals surface area contributed by atoms with E-state index in [1.54, 1.807) is 31.2 Å². The first-order valence-corrected chi connectivity index (χ1v) is 15.8. The topological polar surface area (TPSA) is 96.0 Å². The maximum absolute atomic E-state index is 14.3. The number of hydrogen-bond acceptors (Lipinski definition) is 5. The number of sulfonamides is 1. The number of benzene rings is 3. The largest absolute Gasteiger partial charge is 0.492 e. The third-order valence-electron chi connectivity index (χ3n) is 6.60. The molecule has 0 aromatic heterocycles. The SMILES string of the molecule is CCOc1ccccc1N(CC(=O)N(Cc1ccccc1C)[C@@H](CC)C(=O)NC(C)(C)C)S(=O)(=O)c1ccc(Cl)cc1. The van der Waals surface area contributed by atoms with Crippen LogP contribution in [0.5, 0.6) is 5.75 Å². The molecule has 0 radical (unpaired) electrons. The van der Waals surface area contributed by atoms with Crippen molar-refractivity contribution in [2.75, 3.05) is 17.5 Å². The van der Waals surface area contributed by atoms with Gasteiger partial charge in [-0.25, -0.2) is 8.42 Å². The Morgan fingerprint density at radius 1 is 0.952 bits per heavy atom. The van der Waals surface area contributed by atoms with Crippen LogP contribution in [0.4, 0.5) is 5.69 Å². The standard InChI is InChI=1S/C32H40ClN3O5S/c1-7-27(31(38)34-32(4,5)6)35(21-24-14-10-9-13-23(24)3)30(37)22-36(28-15-11-12-16-29(28)41-8-2)42(39,40)26-19-17-25(33)18-20-26/h9-20,27H,7-8,21-22H2,1-6H3,(H,34,38)/t27-/m0/s1. The van der Waals surface area contributed by atoms with E-state index in [1.165, 1.54) is 29.2 Å². The molecule has 0 aliphatic rings. The Morgan fingerprint density at radius 2 is 1.57 bits per heavy atom. The number of aryl methyl sites for hydroxylation is 1. The quantitative estimate of drug-likeness (QED) is 0.272. The van der Waals surface area contributed by atoms with Gasteiger partial charge >= 0.3 is 0 Å². The van der Waals surface area contributed by atoms with Gasteiger partial charge in [-0.1, -0.05) is 54.9 Å². The normalized spacial score (nSPS) is 12.4. The van der Waals surface area contributed by atoms with Gasteiger partial charge in [0.1, 0.15) is 18.3 Å². The predicted molar refractivity (Wildman–Crippen MR) is 167 cm³/mol. The molecule has 2 amide bonds. The average Bonchev–Trinajstić information content (AvgIpc) is 2.92. The minimum atomic E-state index is -4.26. The lowest BCUT2D eigenvalue weighted by Gasteiger charge is -2.35. The Balaban J connectivity index is 2.13. The van der Waals surface area contributed by atoms with Crippen LogP contribution in [-0.2, 0) is 26.2 Å². The van der Waals surface area contributed by atoms with E-state index in [-0.39, 0.29) is 23.0 Å². The van der Waals surface area contributed by atoms with Gasteiger partial charge < -0.3 is 15.0 Å². The molecule has 1 N–H and O–H groups in total. The summed E-state index contributed by atoms with van der Waals surface area (Å²) in [6.45, 7) is 11.0. The minimum absolute atomic E-state index is 0.0334. The maximum Gasteiger partial charge on any atom is 0.264 e. The van der Waals surface area contributed by atoms with E-state index in [1.807, 2.05) is 58.9 Å². The lowest BCUT2D eigenvalue weighted by atomic mass is 10.0. The van der Waals surface area contributed by atoms with E-state index in [4.69, 9.17) is 16.3 Å². The van der Waals surface area contributed by atoms with Crippen molar-refractivity contribution in [1.82, 2.24) is 10.2 Å². The number of halogens is 1. The molecule has 3 aromatic rings. The highest BCUT2D eigenvalue weighted by Crippen LogP contribution is 2.33. The molecule has 0 saturated carbocycles. The Hall–Kier alpha value is -3.56. The van der Waals surface area contributed by atoms with Crippen LogP contribution in [0.3, 0.4) is 0 Å². The Labute approximate surface area is 254 Å². The molecule has 1 atom stereocenters. The fourth-order valence-corrected chi connectivity index (χ4v) is 6.08. The molecule has 8 nitrogen and oxygen atoms in total. The fourth-order valence-electron chi connectivity index (χ4n) is 4.53. The van der Waals surface area contributed by atoms with E-state index in [9.17, 15) is 18.0 Å². The lowest BCUT2D eigenvalue weighted by molar-refractivity contribution is -0.141. The van der Waals surface area contributed by atoms with Crippen molar-refractivity contribution in [3.63, 3.8) is 0 Å². The van der Waals surface area contributed by atoms with Crippen LogP contribution in [0.15, 0.2) is 77.7 Å². The maximum atomic E-state index is 14.3. The van der Waals surface area contributed by atoms with Crippen molar-refractivity contribution in [1.29, 1.82) is 0 Å². The highest BCUT2D eigenvalue weighted by atomic mass is 35.5. The molecule has 0 spiro atoms. The zero-order valence-electron chi connectivity index (χ0n) is 25.1. The monoisotopic (exact) mass is 613 g/mol. The summed E-state index contributed by atoms with van der Waals surface area (Å²) >= 11 is 6.04. The van der Waals surface area contributed by atoms with E-state index in [2.05, 4.69) is 5.32 Å². The summed E-state index contributed by atoms with van der Waals surface area (Å²) in [5.41, 5.74) is 1.50. The molecule has 3 aromatic carbocycles. The van der Waals surface area contributed by atoms with Crippen molar-refractivity contribution in [3.8, 4) is 5.75 Å². The van der Waals surface area contributed by atoms with Crippen molar-refractivity contribution >= 4 is 39.1 Å². The third kappa shape index (κ3) is 8.26. The molecule has 10 heteroatoms. The molecule has 226 valence electrons. The number of para-hydroxylation sites is 2. The van der Waals surface area contributed by atoms with Gasteiger partial charge in [0, 0.05) is 17.1 Å². The van der Waals surface area contributed by atoms with E-state index in [0.717, 1.165) is 15.4 Å². The van der Waals surface area contributed by atoms with E-state index >= 15 is 0 Å². The first-order chi connectivity index (χ1) is 19.8. The summed E-state index contributed by atoms with van der Waals surface area (Å²) in [5, 5.41) is 3.36. The van der Waals surface area contributed by atoms with Crippen molar-refractivity contribution in [2.24, 2.45) is 0 Å². The number of hydrogen-bond donors (Lipinski definition) is 1. The molecule has 0 unspecified atom stereocenters. The van der Waals surface area contributed by atoms with Crippen LogP contribution in [0.1, 0.15) is 52.2 Å². The second kappa shape index (κ2) is 14.1. The fraction of sp³-hybridized carbons (Fsp3) is 0.375. The number of rotatable bonds is 12. The number of ether oxygens (including phenoxy) is 1. The van der Waals surface area contributed by atoms with Crippen LogP contribution >= 0.6 is 11.6 Å². The van der Waals surface area contributed by atoms with Gasteiger partial charge in [-0.05, 0) is 88.6 Å². The number of carbonyl (C=O) groups is 2. The first kappa shape index (κ1) is 32.9. The van der Waals surface area contributed by atoms with Crippen LogP contribution in [0, 0.1) is 6.92 Å². The third-order valence-corrected chi connectivity index (χ3v) is 8.63. The molecule has 0 fully saturated rings. The van der Waals surface area contributed by atoms with Crippen molar-refractivity contribution in [3.05, 3.63) is 88.9 Å². The predicted octanol–water partition coefficient (Wildman–Crippen LogP) is 5.96. The number of anilines is 1. The highest BCUT2D eigenvalue weighted by molar-refractivity contribution is 7.92. The number of carbonyl (C=O) groups excluding carboxylic acids is 2. The smallest absolute Gasteiger partial charge is 0.264 e. The summed E-state index contributed by atoms with van der Waals surface area (Å²) < 4.78 is 35.0. The molecule has 0 aliphatic carbocycles. The summed E-state index contributed by atoms with van der Waals surface area (Å²) in [4.78, 5) is 29.2. The summed E-state index contributed by atoms with van der Waals surface area (Å²) in [5.74, 6) is -0.528. The Morgan fingerprint density at radius 3 is 2.17 bits per heavy atom. The molecule has 0 aliphatic heterocycles. The van der Waals surface area contributed by atoms with Crippen molar-refractivity contribution < 1.29 is 22.7 Å². The van der Waals surface area contributed by atoms with Crippen LogP contribution in [0.2, 0.25) is 5.02 Å². The highest BCUT2D eigenvalue weighted by Gasteiger charge is 2.35. The molecule has 0 saturated heterocycles. The van der Waals surface area contributed by atoms with Gasteiger partial charge in [0.15, 0.2) is 0 Å². The van der Waals surface area contributed by atoms with Crippen LogP contribution < -0.4 is 14.4 Å². The molecule has 42 heavy (non-hydrogen) atoms. The molecule has 0 bridgehead atoms. The second-order valence-corrected chi connectivity index (χ2v) is 13.3. The summed E-state index contributed by atoms with van der Waals surface area (Å²) in [6, 6.07) is 19.2. The molecular formula is C32H40ClN3O5S. The van der Waals surface area contributed by atoms with Gasteiger partial charge in [0.05, 0.1) is 17.2 Å². The number of nitrogens with one attached hydrogen (secondary N) is 1. The number of amides is 2. The first-order valence-electron chi connectivity index (χ1n) is 13.9. The zero-order valence-corrected chi connectivity index (χ0v) is 26.6. The molecule has 0 heterocycles. The Bertz CT molecular complexity index is 1490. The second-order valence-electron chi connectivity index (χ2n) is 11.0. The Kier molecular flexibility index (Phi) is 11.0. The number of nitrogens with zero attached hydrogens (tertiary/aromatic N) is 2. The summed E-state index contributed by atoms with van der Waals surface area (Å²) in [7, 11) is -4.26. The van der Waals surface area contributed by atoms with E-state index in [0.29, 0.717) is 23.8 Å². The summed E-state index contributed by atoms with van der Waals surface area (Å²) in [6.07, 6.45) is 0.332. The van der Waals surface area contributed by atoms with Crippen molar-refractivity contribution in [2.45, 2.75) is 71.0 Å². The zero-order chi connectivity index (χ0) is 31.1. The average molecular weight is 614 g/mol. The van der Waals surface area contributed by atoms with Gasteiger partial charge in [-0.3, -0.25) is 13.9 Å². The van der Waals surface area contributed by atoms with Gasteiger partial charge in [0.25, 0.3) is 10.0 Å². The molecule has 3 rings (SSSR count). The van der Waals surface area contributed by atoms with Gasteiger partial charge in [-0.15, -0.1) is 0 Å². The van der Waals surface area contributed by atoms with Crippen LogP contribution in [-0.4, -0.2) is 49.9 Å².